The topological polar surface area (TPSA) is 54.6 Å². The molecule has 0 bridgehead atoms. The molecule has 0 saturated heterocycles. The molecule has 2 rings (SSSR count). The Morgan fingerprint density at radius 3 is 2.75 bits per heavy atom. The normalized spacial score (nSPS) is 9.56. The van der Waals surface area contributed by atoms with E-state index in [4.69, 9.17) is 17.0 Å². The molecule has 0 saturated carbocycles. The average Bonchev–Trinajstić information content (AvgIpc) is 2.25. The van der Waals surface area contributed by atoms with Crippen LogP contribution >= 0.6 is 24.0 Å². The minimum atomic E-state index is 0. The van der Waals surface area contributed by atoms with Crippen LogP contribution in [0.15, 0.2) is 36.9 Å². The second kappa shape index (κ2) is 5.63. The number of nitrogens with one attached hydrogen (secondary N) is 1. The fraction of sp³-hybridized carbons (Fsp3) is 0.100. The smallest absolute Gasteiger partial charge is 0.143 e. The molecule has 0 radical (unpaired) electrons. The Bertz CT molecular complexity index is 507. The van der Waals surface area contributed by atoms with Gasteiger partial charge < -0.3 is 4.57 Å². The predicted molar refractivity (Wildman–Crippen MR) is 63.7 cm³/mol. The second-order valence-electron chi connectivity index (χ2n) is 3.08. The quantitative estimate of drug-likeness (QED) is 0.835. The van der Waals surface area contributed by atoms with Gasteiger partial charge in [-0.3, -0.25) is 10.4 Å². The highest BCUT2D eigenvalue weighted by atomic mass is 35.5. The van der Waals surface area contributed by atoms with Crippen LogP contribution in [-0.2, 0) is 6.54 Å². The molecule has 6 heteroatoms. The van der Waals surface area contributed by atoms with Crippen molar-refractivity contribution in [3.63, 3.8) is 0 Å². The third-order valence-electron chi connectivity index (χ3n) is 1.98. The van der Waals surface area contributed by atoms with Crippen LogP contribution < -0.4 is 5.49 Å². The lowest BCUT2D eigenvalue weighted by Gasteiger charge is -2.05. The molecule has 0 fully saturated rings. The Labute approximate surface area is 104 Å². The van der Waals surface area contributed by atoms with Gasteiger partial charge in [0.15, 0.2) is 0 Å². The van der Waals surface area contributed by atoms with E-state index in [9.17, 15) is 0 Å². The van der Waals surface area contributed by atoms with Gasteiger partial charge in [-0.2, -0.15) is 0 Å². The highest BCUT2D eigenvalue weighted by molar-refractivity contribution is 6.29. The summed E-state index contributed by atoms with van der Waals surface area (Å²) in [6, 6.07) is 3.63. The summed E-state index contributed by atoms with van der Waals surface area (Å²) < 4.78 is 1.78. The summed E-state index contributed by atoms with van der Waals surface area (Å²) in [7, 11) is 0. The van der Waals surface area contributed by atoms with E-state index in [1.165, 1.54) is 6.20 Å². The molecule has 4 nitrogen and oxygen atoms in total. The van der Waals surface area contributed by atoms with Crippen molar-refractivity contribution in [1.29, 1.82) is 5.41 Å². The largest absolute Gasteiger partial charge is 0.326 e. The lowest BCUT2D eigenvalue weighted by atomic mass is 10.3. The van der Waals surface area contributed by atoms with Crippen molar-refractivity contribution in [2.24, 2.45) is 0 Å². The zero-order valence-electron chi connectivity index (χ0n) is 8.30. The number of hydrogen-bond donors (Lipinski definition) is 1. The standard InChI is InChI=1S/C10H9ClN4.ClH/c11-9-2-1-8(5-14-9)7-15-4-3-13-6-10(15)12;/h1-6,12H,7H2;1H. The number of halogens is 2. The van der Waals surface area contributed by atoms with Crippen molar-refractivity contribution in [2.45, 2.75) is 6.54 Å². The van der Waals surface area contributed by atoms with Crippen molar-refractivity contribution < 1.29 is 0 Å². The molecule has 2 aromatic heterocycles. The Balaban J connectivity index is 0.00000128. The number of nitrogens with zero attached hydrogens (tertiary/aromatic N) is 3. The van der Waals surface area contributed by atoms with E-state index >= 15 is 0 Å². The molecule has 0 amide bonds. The number of rotatable bonds is 2. The van der Waals surface area contributed by atoms with Crippen molar-refractivity contribution in [2.75, 3.05) is 0 Å². The van der Waals surface area contributed by atoms with Gasteiger partial charge in [0.05, 0.1) is 12.7 Å². The molecule has 2 aromatic rings. The Hall–Kier alpha value is -1.39. The first-order valence-corrected chi connectivity index (χ1v) is 4.79. The van der Waals surface area contributed by atoms with E-state index in [1.54, 1.807) is 29.2 Å². The van der Waals surface area contributed by atoms with E-state index in [-0.39, 0.29) is 12.4 Å². The van der Waals surface area contributed by atoms with Crippen LogP contribution in [0.25, 0.3) is 0 Å². The van der Waals surface area contributed by atoms with Crippen molar-refractivity contribution >= 4 is 24.0 Å². The van der Waals surface area contributed by atoms with E-state index < -0.39 is 0 Å². The van der Waals surface area contributed by atoms with Crippen LogP contribution in [0.4, 0.5) is 0 Å². The van der Waals surface area contributed by atoms with E-state index in [2.05, 4.69) is 9.97 Å². The monoisotopic (exact) mass is 256 g/mol. The first-order chi connectivity index (χ1) is 7.25. The van der Waals surface area contributed by atoms with Crippen LogP contribution in [0.3, 0.4) is 0 Å². The number of hydrogen-bond acceptors (Lipinski definition) is 3. The molecule has 0 aromatic carbocycles. The minimum Gasteiger partial charge on any atom is -0.326 e. The fourth-order valence-corrected chi connectivity index (χ4v) is 1.33. The van der Waals surface area contributed by atoms with Gasteiger partial charge in [0, 0.05) is 18.6 Å². The van der Waals surface area contributed by atoms with Crippen molar-refractivity contribution in [3.8, 4) is 0 Å². The average molecular weight is 257 g/mol. The van der Waals surface area contributed by atoms with Crippen LogP contribution in [0.5, 0.6) is 0 Å². The van der Waals surface area contributed by atoms with Crippen molar-refractivity contribution in [1.82, 2.24) is 14.5 Å². The SMILES string of the molecule is Cl.N=c1cnccn1Cc1ccc(Cl)nc1. The molecule has 16 heavy (non-hydrogen) atoms. The minimum absolute atomic E-state index is 0. The molecule has 0 aliphatic carbocycles. The van der Waals surface area contributed by atoms with Gasteiger partial charge in [-0.15, -0.1) is 12.4 Å². The molecule has 84 valence electrons. The molecule has 0 atom stereocenters. The molecule has 0 unspecified atom stereocenters. The Morgan fingerprint density at radius 2 is 2.12 bits per heavy atom. The van der Waals surface area contributed by atoms with Crippen LogP contribution in [0.2, 0.25) is 5.15 Å². The van der Waals surface area contributed by atoms with E-state index in [0.29, 0.717) is 17.2 Å². The number of aromatic nitrogens is 3. The van der Waals surface area contributed by atoms with Crippen molar-refractivity contribution in [3.05, 3.63) is 53.1 Å². The molecular formula is C10H10Cl2N4. The zero-order valence-corrected chi connectivity index (χ0v) is 9.87. The molecular weight excluding hydrogens is 247 g/mol. The molecule has 0 spiro atoms. The molecule has 2 heterocycles. The Morgan fingerprint density at radius 1 is 1.31 bits per heavy atom. The zero-order chi connectivity index (χ0) is 10.7. The Kier molecular flexibility index (Phi) is 4.46. The van der Waals surface area contributed by atoms with Gasteiger partial charge in [-0.25, -0.2) is 4.98 Å². The summed E-state index contributed by atoms with van der Waals surface area (Å²) in [6.07, 6.45) is 6.62. The van der Waals surface area contributed by atoms with E-state index in [1.807, 2.05) is 6.07 Å². The summed E-state index contributed by atoms with van der Waals surface area (Å²) in [5, 5.41) is 8.09. The summed E-state index contributed by atoms with van der Waals surface area (Å²) in [5.41, 5.74) is 1.37. The summed E-state index contributed by atoms with van der Waals surface area (Å²) in [4.78, 5) is 7.84. The van der Waals surface area contributed by atoms with Gasteiger partial charge in [-0.05, 0) is 11.6 Å². The third-order valence-corrected chi connectivity index (χ3v) is 2.20. The lowest BCUT2D eigenvalue weighted by Crippen LogP contribution is -2.19. The summed E-state index contributed by atoms with van der Waals surface area (Å²) in [5.74, 6) is 0. The number of pyridine rings is 1. The van der Waals surface area contributed by atoms with E-state index in [0.717, 1.165) is 5.56 Å². The maximum absolute atomic E-state index is 7.62. The van der Waals surface area contributed by atoms with Crippen LogP contribution in [-0.4, -0.2) is 14.5 Å². The van der Waals surface area contributed by atoms with Gasteiger partial charge in [0.25, 0.3) is 0 Å². The highest BCUT2D eigenvalue weighted by Gasteiger charge is 1.96. The maximum Gasteiger partial charge on any atom is 0.143 e. The fourth-order valence-electron chi connectivity index (χ4n) is 1.22. The van der Waals surface area contributed by atoms with Gasteiger partial charge in [-0.1, -0.05) is 17.7 Å². The molecule has 1 N–H and O–H groups in total. The van der Waals surface area contributed by atoms with Crippen LogP contribution in [0.1, 0.15) is 5.56 Å². The highest BCUT2D eigenvalue weighted by Crippen LogP contribution is 2.05. The summed E-state index contributed by atoms with van der Waals surface area (Å²) in [6.45, 7) is 0.603. The van der Waals surface area contributed by atoms with Gasteiger partial charge in [0.2, 0.25) is 0 Å². The van der Waals surface area contributed by atoms with Gasteiger partial charge >= 0.3 is 0 Å². The first kappa shape index (κ1) is 12.7. The van der Waals surface area contributed by atoms with Crippen LogP contribution in [0, 0.1) is 5.41 Å². The van der Waals surface area contributed by atoms with Gasteiger partial charge in [0.1, 0.15) is 10.6 Å². The molecule has 0 aliphatic rings. The predicted octanol–water partition coefficient (Wildman–Crippen LogP) is 1.88. The molecule has 0 aliphatic heterocycles. The second-order valence-corrected chi connectivity index (χ2v) is 3.47. The first-order valence-electron chi connectivity index (χ1n) is 4.41. The third kappa shape index (κ3) is 3.05. The summed E-state index contributed by atoms with van der Waals surface area (Å²) >= 11 is 5.68. The maximum atomic E-state index is 7.62. The lowest BCUT2D eigenvalue weighted by molar-refractivity contribution is 0.717.